The minimum Gasteiger partial charge on any atom is -0.444 e. The summed E-state index contributed by atoms with van der Waals surface area (Å²) in [7, 11) is -3.62. The molecule has 2 atom stereocenters. The van der Waals surface area contributed by atoms with Crippen LogP contribution >= 0.6 is 0 Å². The summed E-state index contributed by atoms with van der Waals surface area (Å²) in [6.45, 7) is 5.94. The van der Waals surface area contributed by atoms with Crippen molar-refractivity contribution in [1.82, 2.24) is 9.80 Å². The summed E-state index contributed by atoms with van der Waals surface area (Å²) < 4.78 is 45.2. The summed E-state index contributed by atoms with van der Waals surface area (Å²) >= 11 is 0. The quantitative estimate of drug-likeness (QED) is 0.706. The molecule has 3 rings (SSSR count). The molecular formula is C21H29FN2O5S. The van der Waals surface area contributed by atoms with Crippen LogP contribution in [-0.4, -0.2) is 67.2 Å². The molecule has 9 heteroatoms. The molecule has 2 saturated heterocycles. The van der Waals surface area contributed by atoms with Crippen LogP contribution in [0.4, 0.5) is 9.18 Å². The molecular weight excluding hydrogens is 411 g/mol. The van der Waals surface area contributed by atoms with Crippen molar-refractivity contribution in [1.29, 1.82) is 0 Å². The number of rotatable bonds is 2. The Morgan fingerprint density at radius 1 is 1.10 bits per heavy atom. The van der Waals surface area contributed by atoms with Crippen LogP contribution in [0.15, 0.2) is 24.3 Å². The van der Waals surface area contributed by atoms with Gasteiger partial charge in [-0.15, -0.1) is 0 Å². The summed E-state index contributed by atoms with van der Waals surface area (Å²) in [5.41, 5.74) is -0.528. The maximum atomic E-state index is 14.2. The number of ether oxygens (including phenoxy) is 1. The predicted molar refractivity (Wildman–Crippen MR) is 110 cm³/mol. The lowest BCUT2D eigenvalue weighted by Crippen LogP contribution is -2.49. The van der Waals surface area contributed by atoms with Gasteiger partial charge >= 0.3 is 6.09 Å². The largest absolute Gasteiger partial charge is 0.444 e. The minimum atomic E-state index is -3.62. The molecule has 0 unspecified atom stereocenters. The zero-order chi connectivity index (χ0) is 22.1. The van der Waals surface area contributed by atoms with Gasteiger partial charge in [-0.2, -0.15) is 0 Å². The molecule has 0 aromatic heterocycles. The normalized spacial score (nSPS) is 24.4. The molecule has 166 valence electrons. The fourth-order valence-electron chi connectivity index (χ4n) is 4.02. The molecule has 1 aromatic rings. The highest BCUT2D eigenvalue weighted by atomic mass is 32.2. The Morgan fingerprint density at radius 3 is 2.47 bits per heavy atom. The Kier molecular flexibility index (Phi) is 6.40. The molecule has 2 aliphatic heterocycles. The molecule has 2 heterocycles. The summed E-state index contributed by atoms with van der Waals surface area (Å²) in [6.07, 6.45) is 0.774. The van der Waals surface area contributed by atoms with Crippen molar-refractivity contribution in [3.05, 3.63) is 35.6 Å². The number of nitrogens with zero attached hydrogens (tertiary/aromatic N) is 2. The van der Waals surface area contributed by atoms with Crippen LogP contribution in [-0.2, 0) is 19.4 Å². The number of benzene rings is 1. The van der Waals surface area contributed by atoms with Gasteiger partial charge in [-0.05, 0) is 46.1 Å². The second-order valence-corrected chi connectivity index (χ2v) is 11.1. The number of sulfone groups is 1. The van der Waals surface area contributed by atoms with Crippen molar-refractivity contribution >= 4 is 21.8 Å². The van der Waals surface area contributed by atoms with Gasteiger partial charge in [0.25, 0.3) is 0 Å². The van der Waals surface area contributed by atoms with E-state index in [4.69, 9.17) is 4.74 Å². The van der Waals surface area contributed by atoms with Gasteiger partial charge in [-0.3, -0.25) is 9.69 Å². The van der Waals surface area contributed by atoms with E-state index in [0.717, 1.165) is 0 Å². The van der Waals surface area contributed by atoms with Crippen molar-refractivity contribution in [3.63, 3.8) is 0 Å². The van der Waals surface area contributed by atoms with Gasteiger partial charge < -0.3 is 9.64 Å². The summed E-state index contributed by atoms with van der Waals surface area (Å²) in [6, 6.07) is 5.20. The first-order valence-electron chi connectivity index (χ1n) is 10.2. The molecule has 2 amide bonds. The first kappa shape index (κ1) is 22.5. The van der Waals surface area contributed by atoms with Crippen LogP contribution in [0.1, 0.15) is 50.8 Å². The van der Waals surface area contributed by atoms with E-state index >= 15 is 0 Å². The lowest BCUT2D eigenvalue weighted by atomic mass is 10.1. The van der Waals surface area contributed by atoms with Crippen molar-refractivity contribution < 1.29 is 27.1 Å². The van der Waals surface area contributed by atoms with Crippen LogP contribution in [0, 0.1) is 5.82 Å². The Balaban J connectivity index is 1.75. The van der Waals surface area contributed by atoms with E-state index in [1.54, 1.807) is 26.8 Å². The van der Waals surface area contributed by atoms with Gasteiger partial charge in [0.2, 0.25) is 5.91 Å². The highest BCUT2D eigenvalue weighted by Gasteiger charge is 2.41. The Hall–Kier alpha value is -2.16. The fraction of sp³-hybridized carbons (Fsp3) is 0.619. The second kappa shape index (κ2) is 8.53. The fourth-order valence-corrected chi connectivity index (χ4v) is 5.82. The van der Waals surface area contributed by atoms with E-state index in [1.165, 1.54) is 28.0 Å². The van der Waals surface area contributed by atoms with Gasteiger partial charge in [0.15, 0.2) is 9.84 Å². The molecule has 0 saturated carbocycles. The van der Waals surface area contributed by atoms with Gasteiger partial charge in [-0.25, -0.2) is 17.6 Å². The Morgan fingerprint density at radius 2 is 1.80 bits per heavy atom. The van der Waals surface area contributed by atoms with Crippen LogP contribution < -0.4 is 0 Å². The van der Waals surface area contributed by atoms with E-state index in [9.17, 15) is 22.4 Å². The molecule has 7 nitrogen and oxygen atoms in total. The molecule has 2 aliphatic rings. The second-order valence-electron chi connectivity index (χ2n) is 8.82. The van der Waals surface area contributed by atoms with Crippen LogP contribution in [0.3, 0.4) is 0 Å². The first-order valence-corrected chi connectivity index (χ1v) is 12.0. The third-order valence-electron chi connectivity index (χ3n) is 5.47. The number of hydrogen-bond donors (Lipinski definition) is 0. The third-order valence-corrected chi connectivity index (χ3v) is 7.58. The average molecular weight is 441 g/mol. The highest BCUT2D eigenvalue weighted by Crippen LogP contribution is 2.32. The van der Waals surface area contributed by atoms with Crippen molar-refractivity contribution in [2.24, 2.45) is 0 Å². The van der Waals surface area contributed by atoms with Crippen LogP contribution in [0.25, 0.3) is 0 Å². The molecule has 0 aliphatic carbocycles. The van der Waals surface area contributed by atoms with E-state index in [1.807, 2.05) is 0 Å². The number of carbonyl (C=O) groups excluding carboxylic acids is 2. The monoisotopic (exact) mass is 440 g/mol. The smallest absolute Gasteiger partial charge is 0.410 e. The van der Waals surface area contributed by atoms with E-state index in [0.29, 0.717) is 19.4 Å². The number of amides is 2. The van der Waals surface area contributed by atoms with Crippen molar-refractivity contribution in [3.8, 4) is 0 Å². The summed E-state index contributed by atoms with van der Waals surface area (Å²) in [5, 5.41) is -0.984. The summed E-state index contributed by atoms with van der Waals surface area (Å²) in [4.78, 5) is 28.6. The lowest BCUT2D eigenvalue weighted by Gasteiger charge is -2.31. The molecule has 0 spiro atoms. The molecule has 2 fully saturated rings. The zero-order valence-electron chi connectivity index (χ0n) is 17.6. The van der Waals surface area contributed by atoms with Crippen LogP contribution in [0.2, 0.25) is 0 Å². The van der Waals surface area contributed by atoms with Gasteiger partial charge in [0, 0.05) is 25.2 Å². The summed E-state index contributed by atoms with van der Waals surface area (Å²) in [5.74, 6) is -1.07. The molecule has 0 bridgehead atoms. The van der Waals surface area contributed by atoms with Gasteiger partial charge in [0.05, 0.1) is 11.0 Å². The SMILES string of the molecule is CC(C)(C)OC(=O)N1CCC[C@@H]1C(=O)N1CC[C@@H](c2ccccc2F)S(=O)(=O)CC1. The standard InChI is InChI=1S/C21H29FN2O5S/c1-21(2,3)29-20(26)24-11-6-9-17(24)19(25)23-12-10-18(30(27,28)14-13-23)15-7-4-5-8-16(15)22/h4-5,7-8,17-18H,6,9-14H2,1-3H3/t17-,18+/m1/s1. The maximum absolute atomic E-state index is 14.2. The lowest BCUT2D eigenvalue weighted by molar-refractivity contribution is -0.135. The molecule has 0 radical (unpaired) electrons. The average Bonchev–Trinajstić information content (AvgIpc) is 3.07. The zero-order valence-corrected chi connectivity index (χ0v) is 18.5. The number of halogens is 1. The predicted octanol–water partition coefficient (Wildman–Crippen LogP) is 2.91. The minimum absolute atomic E-state index is 0.0325. The van der Waals surface area contributed by atoms with Crippen molar-refractivity contribution in [2.45, 2.75) is 56.9 Å². The third kappa shape index (κ3) is 4.94. The van der Waals surface area contributed by atoms with E-state index in [-0.39, 0.29) is 36.7 Å². The van der Waals surface area contributed by atoms with E-state index < -0.39 is 38.6 Å². The number of carbonyl (C=O) groups is 2. The van der Waals surface area contributed by atoms with Crippen molar-refractivity contribution in [2.75, 3.05) is 25.4 Å². The number of hydrogen-bond acceptors (Lipinski definition) is 5. The maximum Gasteiger partial charge on any atom is 0.410 e. The molecule has 1 aromatic carbocycles. The van der Waals surface area contributed by atoms with Gasteiger partial charge in [0.1, 0.15) is 17.5 Å². The Labute approximate surface area is 177 Å². The van der Waals surface area contributed by atoms with Crippen LogP contribution in [0.5, 0.6) is 0 Å². The topological polar surface area (TPSA) is 84.0 Å². The molecule has 0 N–H and O–H groups in total. The van der Waals surface area contributed by atoms with Gasteiger partial charge in [-0.1, -0.05) is 18.2 Å². The highest BCUT2D eigenvalue weighted by molar-refractivity contribution is 7.91. The Bertz CT molecular complexity index is 912. The van der Waals surface area contributed by atoms with E-state index in [2.05, 4.69) is 0 Å². The molecule has 30 heavy (non-hydrogen) atoms. The first-order chi connectivity index (χ1) is 14.0. The number of likely N-dealkylation sites (tertiary alicyclic amines) is 1.